The summed E-state index contributed by atoms with van der Waals surface area (Å²) in [7, 11) is 3.18. The monoisotopic (exact) mass is 255 g/mol. The lowest BCUT2D eigenvalue weighted by molar-refractivity contribution is -0.695. The highest BCUT2D eigenvalue weighted by Crippen LogP contribution is 2.13. The number of carbonyl (C=O) groups is 2. The fraction of sp³-hybridized carbons (Fsp3) is 0.500. The van der Waals surface area contributed by atoms with Gasteiger partial charge in [0.25, 0.3) is 5.91 Å². The number of nitrogens with two attached hydrogens (primary N) is 1. The van der Waals surface area contributed by atoms with Gasteiger partial charge in [0.05, 0.1) is 0 Å². The largest absolute Gasteiger partial charge is 0.692 e. The number of nitrogens with zero attached hydrogens (tertiary/aromatic N) is 3. The molecule has 1 aromatic heterocycles. The Hall–Kier alpha value is -2.25. The molecule has 0 radical (unpaired) electrons. The zero-order valence-electron chi connectivity index (χ0n) is 10.9. The minimum Gasteiger partial charge on any atom is -0.692 e. The van der Waals surface area contributed by atoms with Crippen molar-refractivity contribution >= 4 is 11.9 Å². The Balaban J connectivity index is 3.42. The number of rotatable bonds is 3. The molecule has 0 saturated carbocycles. The van der Waals surface area contributed by atoms with E-state index in [1.165, 1.54) is 4.90 Å². The SMILES string of the molecule is CCc1c(C(=O)N(C)C)c(C)n(NC(N)=O)[n+]1[O-]. The van der Waals surface area contributed by atoms with Crippen molar-refractivity contribution in [3.63, 3.8) is 0 Å². The Bertz CT molecular complexity index is 492. The summed E-state index contributed by atoms with van der Waals surface area (Å²) in [4.78, 5) is 25.6. The zero-order chi connectivity index (χ0) is 14.0. The summed E-state index contributed by atoms with van der Waals surface area (Å²) in [5, 5.41) is 11.9. The number of urea groups is 1. The summed E-state index contributed by atoms with van der Waals surface area (Å²) in [6, 6.07) is -0.871. The highest BCUT2D eigenvalue weighted by molar-refractivity contribution is 5.96. The van der Waals surface area contributed by atoms with Crippen LogP contribution in [0.4, 0.5) is 4.79 Å². The molecule has 0 aromatic carbocycles. The zero-order valence-corrected chi connectivity index (χ0v) is 10.9. The summed E-state index contributed by atoms with van der Waals surface area (Å²) in [6.45, 7) is 3.32. The second-order valence-electron chi connectivity index (χ2n) is 4.02. The second-order valence-corrected chi connectivity index (χ2v) is 4.02. The molecule has 100 valence electrons. The third kappa shape index (κ3) is 2.22. The third-order valence-electron chi connectivity index (χ3n) is 2.55. The Morgan fingerprint density at radius 1 is 1.50 bits per heavy atom. The molecule has 0 aliphatic heterocycles. The van der Waals surface area contributed by atoms with Crippen molar-refractivity contribution in [1.82, 2.24) is 9.69 Å². The smallest absolute Gasteiger partial charge is 0.422 e. The summed E-state index contributed by atoms with van der Waals surface area (Å²) in [5.74, 6) is -0.293. The molecule has 18 heavy (non-hydrogen) atoms. The van der Waals surface area contributed by atoms with Crippen molar-refractivity contribution in [1.29, 1.82) is 0 Å². The molecule has 0 aliphatic rings. The van der Waals surface area contributed by atoms with Gasteiger partial charge in [0.1, 0.15) is 17.0 Å². The van der Waals surface area contributed by atoms with Gasteiger partial charge < -0.3 is 15.8 Å². The van der Waals surface area contributed by atoms with E-state index in [1.54, 1.807) is 27.9 Å². The molecule has 0 atom stereocenters. The minimum atomic E-state index is -0.871. The first-order valence-electron chi connectivity index (χ1n) is 5.43. The van der Waals surface area contributed by atoms with Crippen molar-refractivity contribution < 1.29 is 14.4 Å². The third-order valence-corrected chi connectivity index (χ3v) is 2.55. The average molecular weight is 255 g/mol. The topological polar surface area (TPSA) is 107 Å². The number of hydrogen-bond acceptors (Lipinski definition) is 3. The standard InChI is InChI=1S/C10H17N5O3/c1-5-7-8(9(16)13(3)4)6(2)14(15(7)18)12-10(11)17/h5H2,1-4H3,(H3,11,12,17). The van der Waals surface area contributed by atoms with E-state index in [0.29, 0.717) is 22.7 Å². The van der Waals surface area contributed by atoms with Crippen LogP contribution in [-0.4, -0.2) is 35.7 Å². The first-order chi connectivity index (χ1) is 8.31. The van der Waals surface area contributed by atoms with Gasteiger partial charge in [-0.1, -0.05) is 11.7 Å². The lowest BCUT2D eigenvalue weighted by atomic mass is 10.1. The van der Waals surface area contributed by atoms with E-state index in [-0.39, 0.29) is 11.5 Å². The summed E-state index contributed by atoms with van der Waals surface area (Å²) in [5.41, 5.74) is 8.07. The van der Waals surface area contributed by atoms with E-state index < -0.39 is 6.03 Å². The van der Waals surface area contributed by atoms with Gasteiger partial charge in [-0.15, -0.1) is 5.43 Å². The molecule has 0 unspecified atom stereocenters. The van der Waals surface area contributed by atoms with Gasteiger partial charge in [-0.2, -0.15) is 4.85 Å². The molecule has 8 heteroatoms. The molecule has 0 fully saturated rings. The number of aromatic nitrogens is 2. The van der Waals surface area contributed by atoms with Gasteiger partial charge in [-0.3, -0.25) is 4.79 Å². The highest BCUT2D eigenvalue weighted by Gasteiger charge is 2.27. The molecule has 1 rings (SSSR count). The minimum absolute atomic E-state index is 0.284. The van der Waals surface area contributed by atoms with E-state index in [2.05, 4.69) is 5.43 Å². The highest BCUT2D eigenvalue weighted by atomic mass is 16.5. The van der Waals surface area contributed by atoms with E-state index in [0.717, 1.165) is 4.79 Å². The average Bonchev–Trinajstić information content (AvgIpc) is 2.51. The molecule has 0 saturated heterocycles. The van der Waals surface area contributed by atoms with Crippen molar-refractivity contribution in [3.8, 4) is 0 Å². The van der Waals surface area contributed by atoms with Gasteiger partial charge >= 0.3 is 6.03 Å². The second kappa shape index (κ2) is 4.94. The molecule has 8 nitrogen and oxygen atoms in total. The van der Waals surface area contributed by atoms with Crippen LogP contribution in [0.15, 0.2) is 0 Å². The Morgan fingerprint density at radius 2 is 2.06 bits per heavy atom. The summed E-state index contributed by atoms with van der Waals surface area (Å²) >= 11 is 0. The molecule has 0 spiro atoms. The van der Waals surface area contributed by atoms with Crippen LogP contribution in [0.3, 0.4) is 0 Å². The molecule has 3 N–H and O–H groups in total. The van der Waals surface area contributed by atoms with Crippen LogP contribution in [0, 0.1) is 12.1 Å². The molecule has 1 aromatic rings. The first-order valence-corrected chi connectivity index (χ1v) is 5.43. The van der Waals surface area contributed by atoms with Crippen molar-refractivity contribution in [2.24, 2.45) is 5.73 Å². The van der Waals surface area contributed by atoms with Crippen molar-refractivity contribution in [3.05, 3.63) is 22.2 Å². The number of amides is 3. The fourth-order valence-electron chi connectivity index (χ4n) is 1.71. The molecule has 0 bridgehead atoms. The predicted molar refractivity (Wildman–Crippen MR) is 64.5 cm³/mol. The maximum Gasteiger partial charge on any atom is 0.422 e. The maximum absolute atomic E-state index is 12.0. The lowest BCUT2D eigenvalue weighted by Gasteiger charge is -2.10. The van der Waals surface area contributed by atoms with E-state index >= 15 is 0 Å². The van der Waals surface area contributed by atoms with Gasteiger partial charge in [-0.25, -0.2) is 4.79 Å². The van der Waals surface area contributed by atoms with Gasteiger partial charge in [-0.05, 0) is 6.92 Å². The van der Waals surface area contributed by atoms with Crippen LogP contribution in [0.1, 0.15) is 28.7 Å². The van der Waals surface area contributed by atoms with Crippen LogP contribution < -0.4 is 16.0 Å². The quantitative estimate of drug-likeness (QED) is 0.551. The molecule has 1 heterocycles. The number of primary amides is 1. The number of carbonyl (C=O) groups excluding carboxylic acids is 2. The fourth-order valence-corrected chi connectivity index (χ4v) is 1.71. The van der Waals surface area contributed by atoms with Crippen LogP contribution in [0.5, 0.6) is 0 Å². The van der Waals surface area contributed by atoms with Crippen LogP contribution >= 0.6 is 0 Å². The predicted octanol–water partition coefficient (Wildman–Crippen LogP) is -0.684. The van der Waals surface area contributed by atoms with E-state index in [1.807, 2.05) is 0 Å². The lowest BCUT2D eigenvalue weighted by Crippen LogP contribution is -2.48. The Kier molecular flexibility index (Phi) is 3.79. The number of hydrogen-bond donors (Lipinski definition) is 2. The van der Waals surface area contributed by atoms with Gasteiger partial charge in [0.15, 0.2) is 0 Å². The van der Waals surface area contributed by atoms with Crippen molar-refractivity contribution in [2.45, 2.75) is 20.3 Å². The van der Waals surface area contributed by atoms with Crippen LogP contribution in [0.25, 0.3) is 0 Å². The van der Waals surface area contributed by atoms with E-state index in [4.69, 9.17) is 5.73 Å². The first kappa shape index (κ1) is 13.8. The Labute approximate surface area is 104 Å². The molecule has 3 amide bonds. The van der Waals surface area contributed by atoms with Crippen molar-refractivity contribution in [2.75, 3.05) is 19.5 Å². The molecular formula is C10H17N5O3. The van der Waals surface area contributed by atoms with Gasteiger partial charge in [0.2, 0.25) is 0 Å². The number of nitrogens with one attached hydrogen (secondary N) is 1. The summed E-state index contributed by atoms with van der Waals surface area (Å²) in [6.07, 6.45) is 0.368. The molecular weight excluding hydrogens is 238 g/mol. The molecule has 0 aliphatic carbocycles. The normalized spacial score (nSPS) is 10.2. The van der Waals surface area contributed by atoms with Crippen LogP contribution in [0.2, 0.25) is 0 Å². The van der Waals surface area contributed by atoms with Crippen LogP contribution in [-0.2, 0) is 6.42 Å². The Morgan fingerprint density at radius 3 is 2.44 bits per heavy atom. The van der Waals surface area contributed by atoms with E-state index in [9.17, 15) is 14.8 Å². The van der Waals surface area contributed by atoms with Gasteiger partial charge in [0, 0.05) is 20.5 Å². The maximum atomic E-state index is 12.0. The summed E-state index contributed by atoms with van der Waals surface area (Å²) < 4.78 is 0.